The van der Waals surface area contributed by atoms with E-state index < -0.39 is 0 Å². The van der Waals surface area contributed by atoms with Crippen molar-refractivity contribution in [3.05, 3.63) is 70.3 Å². The Balaban J connectivity index is 1.93. The minimum absolute atomic E-state index is 0.961. The van der Waals surface area contributed by atoms with Crippen molar-refractivity contribution in [2.45, 2.75) is 34.6 Å². The molecule has 3 aromatic rings. The first kappa shape index (κ1) is 17.7. The van der Waals surface area contributed by atoms with Crippen molar-refractivity contribution in [2.75, 3.05) is 0 Å². The summed E-state index contributed by atoms with van der Waals surface area (Å²) in [6.07, 6.45) is 2.13. The number of allylic oxidation sites excluding steroid dienone is 3. The largest absolute Gasteiger partial charge is 0.355 e. The van der Waals surface area contributed by atoms with Crippen molar-refractivity contribution in [1.82, 2.24) is 19.9 Å². The number of H-pyrrole nitrogens is 2. The van der Waals surface area contributed by atoms with Crippen LogP contribution in [0, 0.1) is 13.8 Å². The summed E-state index contributed by atoms with van der Waals surface area (Å²) in [5.74, 6) is 0. The Bertz CT molecular complexity index is 1390. The van der Waals surface area contributed by atoms with Crippen molar-refractivity contribution >= 4 is 44.9 Å². The quantitative estimate of drug-likeness (QED) is 0.471. The van der Waals surface area contributed by atoms with Gasteiger partial charge < -0.3 is 9.97 Å². The lowest BCUT2D eigenvalue weighted by molar-refractivity contribution is 1.25. The molecule has 4 nitrogen and oxygen atoms in total. The molecule has 0 aliphatic carbocycles. The SMILES string of the molecule is CC1=Cc2cc3[nH]c(cc3C)cc3cc(C)c(cc4nc(cc1n2)C(C)=C4C)[nH]3. The fourth-order valence-electron chi connectivity index (χ4n) is 3.98. The van der Waals surface area contributed by atoms with Crippen LogP contribution in [0.1, 0.15) is 54.7 Å². The van der Waals surface area contributed by atoms with Crippen molar-refractivity contribution in [1.29, 1.82) is 0 Å². The van der Waals surface area contributed by atoms with E-state index >= 15 is 0 Å². The van der Waals surface area contributed by atoms with Crippen LogP contribution < -0.4 is 0 Å². The lowest BCUT2D eigenvalue weighted by Gasteiger charge is -1.95. The first-order valence-corrected chi connectivity index (χ1v) is 9.94. The summed E-state index contributed by atoms with van der Waals surface area (Å²) in [6, 6.07) is 12.9. The first-order valence-electron chi connectivity index (χ1n) is 9.94. The molecule has 4 heteroatoms. The van der Waals surface area contributed by atoms with Gasteiger partial charge in [-0.2, -0.15) is 0 Å². The molecular formula is C25H24N4. The van der Waals surface area contributed by atoms with Crippen LogP contribution in [0.5, 0.6) is 0 Å². The zero-order chi connectivity index (χ0) is 20.3. The maximum absolute atomic E-state index is 4.92. The Labute approximate surface area is 170 Å². The average molecular weight is 380 g/mol. The van der Waals surface area contributed by atoms with Gasteiger partial charge in [0.15, 0.2) is 0 Å². The summed E-state index contributed by atoms with van der Waals surface area (Å²) in [4.78, 5) is 16.8. The van der Waals surface area contributed by atoms with Crippen molar-refractivity contribution in [3.63, 3.8) is 0 Å². The summed E-state index contributed by atoms with van der Waals surface area (Å²) in [7, 11) is 0. The van der Waals surface area contributed by atoms with Crippen molar-refractivity contribution in [3.8, 4) is 0 Å². The molecule has 2 aliphatic heterocycles. The van der Waals surface area contributed by atoms with Crippen LogP contribution in [0.15, 0.2) is 36.4 Å². The number of fused-ring (bicyclic) bond motifs is 8. The van der Waals surface area contributed by atoms with Gasteiger partial charge in [0.1, 0.15) is 0 Å². The molecule has 8 bridgehead atoms. The normalized spacial score (nSPS) is 13.8. The van der Waals surface area contributed by atoms with E-state index in [0.717, 1.165) is 50.4 Å². The predicted octanol–water partition coefficient (Wildman–Crippen LogP) is 6.44. The topological polar surface area (TPSA) is 57.4 Å². The molecule has 2 N–H and O–H groups in total. The van der Waals surface area contributed by atoms with E-state index in [4.69, 9.17) is 9.97 Å². The van der Waals surface area contributed by atoms with Gasteiger partial charge >= 0.3 is 0 Å². The highest BCUT2D eigenvalue weighted by Crippen LogP contribution is 2.31. The lowest BCUT2D eigenvalue weighted by Crippen LogP contribution is -1.82. The third-order valence-corrected chi connectivity index (χ3v) is 5.90. The Morgan fingerprint density at radius 2 is 1.17 bits per heavy atom. The van der Waals surface area contributed by atoms with Crippen LogP contribution in [0.2, 0.25) is 0 Å². The average Bonchev–Trinajstić information content (AvgIpc) is 3.35. The third kappa shape index (κ3) is 3.01. The van der Waals surface area contributed by atoms with Gasteiger partial charge in [0, 0.05) is 22.1 Å². The van der Waals surface area contributed by atoms with E-state index in [9.17, 15) is 0 Å². The molecule has 0 atom stereocenters. The molecule has 0 saturated carbocycles. The van der Waals surface area contributed by atoms with Crippen LogP contribution in [0.25, 0.3) is 44.9 Å². The van der Waals surface area contributed by atoms with Gasteiger partial charge in [0.25, 0.3) is 0 Å². The second kappa shape index (κ2) is 6.31. The smallest absolute Gasteiger partial charge is 0.0691 e. The van der Waals surface area contributed by atoms with E-state index in [1.54, 1.807) is 0 Å². The molecule has 0 aromatic carbocycles. The van der Waals surface area contributed by atoms with Gasteiger partial charge in [-0.1, -0.05) is 0 Å². The third-order valence-electron chi connectivity index (χ3n) is 5.90. The van der Waals surface area contributed by atoms with Gasteiger partial charge in [-0.3, -0.25) is 0 Å². The molecular weight excluding hydrogens is 356 g/mol. The monoisotopic (exact) mass is 380 g/mol. The fraction of sp³-hybridized carbons (Fsp3) is 0.200. The molecule has 2 aliphatic rings. The molecule has 3 aromatic heterocycles. The Hall–Kier alpha value is -3.40. The Morgan fingerprint density at radius 1 is 0.586 bits per heavy atom. The molecule has 144 valence electrons. The number of nitrogens with zero attached hydrogens (tertiary/aromatic N) is 2. The summed E-state index contributed by atoms with van der Waals surface area (Å²) < 4.78 is 0. The minimum atomic E-state index is 0.961. The molecule has 5 rings (SSSR count). The number of aromatic amines is 2. The van der Waals surface area contributed by atoms with E-state index in [1.807, 2.05) is 0 Å². The standard InChI is InChI=1S/C25H24N4/c1-13-6-18-9-19-7-14(2)22(27-19)11-24-16(4)17(5)25(29-24)12-23-15(3)8-20(28-23)10-21(13)26-18/h6-12,26-27H,1-5H3. The molecule has 29 heavy (non-hydrogen) atoms. The van der Waals surface area contributed by atoms with Gasteiger partial charge in [-0.15, -0.1) is 0 Å². The van der Waals surface area contributed by atoms with Crippen molar-refractivity contribution < 1.29 is 0 Å². The van der Waals surface area contributed by atoms with Crippen LogP contribution in [0.3, 0.4) is 0 Å². The summed E-state index contributed by atoms with van der Waals surface area (Å²) in [5, 5.41) is 0. The Kier molecular flexibility index (Phi) is 3.85. The number of aryl methyl sites for hydroxylation is 2. The van der Waals surface area contributed by atoms with Crippen LogP contribution in [-0.2, 0) is 0 Å². The van der Waals surface area contributed by atoms with Crippen LogP contribution in [0.4, 0.5) is 0 Å². The van der Waals surface area contributed by atoms with Crippen LogP contribution in [-0.4, -0.2) is 19.9 Å². The minimum Gasteiger partial charge on any atom is -0.355 e. The van der Waals surface area contributed by atoms with Gasteiger partial charge in [-0.05, 0) is 105 Å². The zero-order valence-corrected chi connectivity index (χ0v) is 17.4. The number of aromatic nitrogens is 4. The highest BCUT2D eigenvalue weighted by Gasteiger charge is 2.15. The second-order valence-corrected chi connectivity index (χ2v) is 8.10. The Morgan fingerprint density at radius 3 is 1.83 bits per heavy atom. The molecule has 0 unspecified atom stereocenters. The van der Waals surface area contributed by atoms with Gasteiger partial charge in [0.05, 0.1) is 22.8 Å². The highest BCUT2D eigenvalue weighted by atomic mass is 14.8. The van der Waals surface area contributed by atoms with E-state index in [1.165, 1.54) is 22.3 Å². The maximum atomic E-state index is 4.92. The molecule has 5 heterocycles. The van der Waals surface area contributed by atoms with Crippen molar-refractivity contribution in [2.24, 2.45) is 0 Å². The molecule has 0 spiro atoms. The summed E-state index contributed by atoms with van der Waals surface area (Å²) >= 11 is 0. The highest BCUT2D eigenvalue weighted by molar-refractivity contribution is 5.92. The molecule has 0 saturated heterocycles. The molecule has 0 radical (unpaired) electrons. The fourth-order valence-corrected chi connectivity index (χ4v) is 3.98. The van der Waals surface area contributed by atoms with Crippen LogP contribution >= 0.6 is 0 Å². The lowest BCUT2D eigenvalue weighted by atomic mass is 10.1. The number of nitrogens with one attached hydrogen (secondary N) is 2. The number of hydrogen-bond donors (Lipinski definition) is 2. The summed E-state index contributed by atoms with van der Waals surface area (Å²) in [5.41, 5.74) is 14.2. The maximum Gasteiger partial charge on any atom is 0.0691 e. The second-order valence-electron chi connectivity index (χ2n) is 8.10. The molecule has 0 amide bonds. The number of hydrogen-bond acceptors (Lipinski definition) is 2. The van der Waals surface area contributed by atoms with Gasteiger partial charge in [0.2, 0.25) is 0 Å². The van der Waals surface area contributed by atoms with E-state index in [2.05, 4.69) is 87.1 Å². The predicted molar refractivity (Wildman–Crippen MR) is 122 cm³/mol. The van der Waals surface area contributed by atoms with E-state index in [-0.39, 0.29) is 0 Å². The van der Waals surface area contributed by atoms with Gasteiger partial charge in [-0.25, -0.2) is 9.97 Å². The number of rotatable bonds is 0. The zero-order valence-electron chi connectivity index (χ0n) is 17.4. The first-order chi connectivity index (χ1) is 13.9. The molecule has 0 fully saturated rings. The van der Waals surface area contributed by atoms with E-state index in [0.29, 0.717) is 0 Å². The summed E-state index contributed by atoms with van der Waals surface area (Å²) in [6.45, 7) is 10.6.